The number of carbonyl (C=O) groups is 1. The van der Waals surface area contributed by atoms with Gasteiger partial charge in [0.1, 0.15) is 6.61 Å². The van der Waals surface area contributed by atoms with Crippen molar-refractivity contribution in [3.8, 4) is 5.75 Å². The van der Waals surface area contributed by atoms with Gasteiger partial charge in [-0.2, -0.15) is 0 Å². The molecule has 1 amide bonds. The second-order valence-corrected chi connectivity index (χ2v) is 9.05. The third-order valence-corrected chi connectivity index (χ3v) is 6.43. The number of halogens is 1. The summed E-state index contributed by atoms with van der Waals surface area (Å²) in [5, 5.41) is 12.2. The Hall–Kier alpha value is -2.13. The van der Waals surface area contributed by atoms with E-state index in [0.29, 0.717) is 17.6 Å². The Labute approximate surface area is 187 Å². The van der Waals surface area contributed by atoms with Gasteiger partial charge in [0.25, 0.3) is 0 Å². The maximum atomic E-state index is 13.9. The molecule has 0 radical (unpaired) electrons. The smallest absolute Gasteiger partial charge is 0.230 e. The average Bonchev–Trinajstić information content (AvgIpc) is 3.16. The third-order valence-electron chi connectivity index (χ3n) is 5.49. The van der Waals surface area contributed by atoms with Gasteiger partial charge in [-0.05, 0) is 50.7 Å². The van der Waals surface area contributed by atoms with Gasteiger partial charge >= 0.3 is 0 Å². The Bertz CT molecular complexity index is 855. The molecule has 1 saturated carbocycles. The molecule has 3 rings (SSSR count). The highest BCUT2D eigenvalue weighted by atomic mass is 32.2. The summed E-state index contributed by atoms with van der Waals surface area (Å²) >= 11 is 1.34. The van der Waals surface area contributed by atoms with Crippen LogP contribution >= 0.6 is 11.8 Å². The lowest BCUT2D eigenvalue weighted by Gasteiger charge is -2.26. The lowest BCUT2D eigenvalue weighted by atomic mass is 9.87. The van der Waals surface area contributed by atoms with Crippen LogP contribution in [0.5, 0.6) is 5.75 Å². The third kappa shape index (κ3) is 6.67. The molecule has 1 N–H and O–H groups in total. The minimum atomic E-state index is -0.429. The first-order chi connectivity index (χ1) is 15.0. The molecule has 0 bridgehead atoms. The molecule has 7 nitrogen and oxygen atoms in total. The van der Waals surface area contributed by atoms with Crippen molar-refractivity contribution < 1.29 is 18.7 Å². The van der Waals surface area contributed by atoms with E-state index in [-0.39, 0.29) is 36.1 Å². The van der Waals surface area contributed by atoms with Crippen LogP contribution in [0.25, 0.3) is 0 Å². The number of benzene rings is 1. The first-order valence-electron chi connectivity index (χ1n) is 10.7. The Kier molecular flexibility index (Phi) is 8.71. The van der Waals surface area contributed by atoms with E-state index in [9.17, 15) is 9.18 Å². The first-order valence-corrected chi connectivity index (χ1v) is 11.7. The van der Waals surface area contributed by atoms with Crippen LogP contribution in [-0.2, 0) is 16.1 Å². The fourth-order valence-corrected chi connectivity index (χ4v) is 4.64. The van der Waals surface area contributed by atoms with Crippen molar-refractivity contribution in [1.82, 2.24) is 20.1 Å². The lowest BCUT2D eigenvalue weighted by molar-refractivity contribution is -0.119. The van der Waals surface area contributed by atoms with Crippen LogP contribution in [0.2, 0.25) is 0 Å². The molecule has 1 heterocycles. The molecule has 1 aliphatic rings. The first kappa shape index (κ1) is 23.5. The largest absolute Gasteiger partial charge is 0.483 e. The van der Waals surface area contributed by atoms with Crippen LogP contribution in [0.15, 0.2) is 29.4 Å². The number of hydrogen-bond donors (Lipinski definition) is 1. The molecule has 1 fully saturated rings. The zero-order valence-corrected chi connectivity index (χ0v) is 19.2. The highest BCUT2D eigenvalue weighted by Gasteiger charge is 2.22. The molecular formula is C22H31FN4O3S. The van der Waals surface area contributed by atoms with Gasteiger partial charge in [-0.15, -0.1) is 10.2 Å². The summed E-state index contributed by atoms with van der Waals surface area (Å²) in [6.07, 6.45) is 4.39. The number of aromatic nitrogens is 3. The molecule has 1 atom stereocenters. The summed E-state index contributed by atoms with van der Waals surface area (Å²) in [7, 11) is 1.63. The fourth-order valence-electron chi connectivity index (χ4n) is 3.77. The van der Waals surface area contributed by atoms with Gasteiger partial charge in [0.2, 0.25) is 5.91 Å². The number of nitrogens with zero attached hydrogens (tertiary/aromatic N) is 3. The van der Waals surface area contributed by atoms with Gasteiger partial charge in [0.05, 0.1) is 18.4 Å². The van der Waals surface area contributed by atoms with Crippen LogP contribution < -0.4 is 10.1 Å². The molecular weight excluding hydrogens is 419 g/mol. The van der Waals surface area contributed by atoms with E-state index in [2.05, 4.69) is 22.4 Å². The van der Waals surface area contributed by atoms with Crippen LogP contribution in [0, 0.1) is 11.7 Å². The minimum Gasteiger partial charge on any atom is -0.483 e. The number of hydrogen-bond acceptors (Lipinski definition) is 6. The van der Waals surface area contributed by atoms with E-state index in [1.54, 1.807) is 25.3 Å². The molecule has 2 aromatic rings. The van der Waals surface area contributed by atoms with Crippen molar-refractivity contribution in [1.29, 1.82) is 0 Å². The van der Waals surface area contributed by atoms with Crippen LogP contribution in [-0.4, -0.2) is 46.2 Å². The predicted octanol–water partition coefficient (Wildman–Crippen LogP) is 3.99. The number of para-hydroxylation sites is 1. The van der Waals surface area contributed by atoms with Crippen molar-refractivity contribution in [2.24, 2.45) is 5.92 Å². The maximum Gasteiger partial charge on any atom is 0.230 e. The Balaban J connectivity index is 1.62. The van der Waals surface area contributed by atoms with E-state index in [4.69, 9.17) is 9.47 Å². The number of ether oxygens (including phenoxy) is 2. The van der Waals surface area contributed by atoms with Crippen molar-refractivity contribution >= 4 is 17.7 Å². The number of rotatable bonds is 10. The lowest BCUT2D eigenvalue weighted by Crippen LogP contribution is -2.38. The van der Waals surface area contributed by atoms with E-state index in [1.165, 1.54) is 17.8 Å². The molecule has 0 spiro atoms. The summed E-state index contributed by atoms with van der Waals surface area (Å²) in [6, 6.07) is 6.44. The topological polar surface area (TPSA) is 78.3 Å². The van der Waals surface area contributed by atoms with Crippen molar-refractivity contribution in [2.45, 2.75) is 63.4 Å². The number of nitrogens with one attached hydrogen (secondary N) is 1. The van der Waals surface area contributed by atoms with Crippen LogP contribution in [0.4, 0.5) is 4.39 Å². The fraction of sp³-hybridized carbons (Fsp3) is 0.591. The molecule has 170 valence electrons. The Morgan fingerprint density at radius 1 is 1.29 bits per heavy atom. The van der Waals surface area contributed by atoms with Crippen molar-refractivity contribution in [3.63, 3.8) is 0 Å². The quantitative estimate of drug-likeness (QED) is 0.552. The standard InChI is InChI=1S/C22H31FN4O3S/c1-15-8-10-17(11-9-15)24-21(28)14-31-22-26-25-20(27(22)16(2)12-29-3)13-30-19-7-5-4-6-18(19)23/h4-7,15-17H,8-14H2,1-3H3,(H,24,28). The van der Waals surface area contributed by atoms with E-state index < -0.39 is 5.82 Å². The number of amides is 1. The molecule has 31 heavy (non-hydrogen) atoms. The van der Waals surface area contributed by atoms with E-state index in [1.807, 2.05) is 11.5 Å². The molecule has 1 aliphatic carbocycles. The highest BCUT2D eigenvalue weighted by molar-refractivity contribution is 7.99. The van der Waals surface area contributed by atoms with Gasteiger partial charge in [-0.1, -0.05) is 30.8 Å². The average molecular weight is 451 g/mol. The summed E-state index contributed by atoms with van der Waals surface area (Å²) in [5.74, 6) is 1.29. The van der Waals surface area contributed by atoms with Gasteiger partial charge in [-0.25, -0.2) is 4.39 Å². The molecule has 1 unspecified atom stereocenters. The van der Waals surface area contributed by atoms with Crippen molar-refractivity contribution in [2.75, 3.05) is 19.5 Å². The predicted molar refractivity (Wildman–Crippen MR) is 118 cm³/mol. The summed E-state index contributed by atoms with van der Waals surface area (Å²) < 4.78 is 26.7. The Morgan fingerprint density at radius 2 is 2.03 bits per heavy atom. The summed E-state index contributed by atoms with van der Waals surface area (Å²) in [4.78, 5) is 12.4. The SMILES string of the molecule is COCC(C)n1c(COc2ccccc2F)nnc1SCC(=O)NC1CCC(C)CC1. The summed E-state index contributed by atoms with van der Waals surface area (Å²) in [6.45, 7) is 4.75. The van der Waals surface area contributed by atoms with Crippen LogP contribution in [0.3, 0.4) is 0 Å². The van der Waals surface area contributed by atoms with E-state index in [0.717, 1.165) is 31.6 Å². The van der Waals surface area contributed by atoms with Gasteiger partial charge in [-0.3, -0.25) is 9.36 Å². The molecule has 0 aliphatic heterocycles. The van der Waals surface area contributed by atoms with Gasteiger partial charge in [0.15, 0.2) is 22.5 Å². The highest BCUT2D eigenvalue weighted by Crippen LogP contribution is 2.25. The molecule has 1 aromatic carbocycles. The number of carbonyl (C=O) groups excluding carboxylic acids is 1. The van der Waals surface area contributed by atoms with Gasteiger partial charge in [0, 0.05) is 13.2 Å². The van der Waals surface area contributed by atoms with E-state index >= 15 is 0 Å². The number of methoxy groups -OCH3 is 1. The second kappa shape index (κ2) is 11.5. The maximum absolute atomic E-state index is 13.9. The summed E-state index contributed by atoms with van der Waals surface area (Å²) in [5.41, 5.74) is 0. The molecule has 9 heteroatoms. The second-order valence-electron chi connectivity index (χ2n) is 8.11. The monoisotopic (exact) mass is 450 g/mol. The Morgan fingerprint density at radius 3 is 2.74 bits per heavy atom. The van der Waals surface area contributed by atoms with Crippen LogP contribution in [0.1, 0.15) is 51.4 Å². The minimum absolute atomic E-state index is 0.00246. The zero-order valence-electron chi connectivity index (χ0n) is 18.3. The van der Waals surface area contributed by atoms with Crippen molar-refractivity contribution in [3.05, 3.63) is 35.9 Å². The van der Waals surface area contributed by atoms with Gasteiger partial charge < -0.3 is 14.8 Å². The number of thioether (sulfide) groups is 1. The normalized spacial score (nSPS) is 19.7. The zero-order chi connectivity index (χ0) is 22.2. The molecule has 1 aromatic heterocycles. The molecule has 0 saturated heterocycles.